The molecule has 12 rings (SSSR count). The lowest BCUT2D eigenvalue weighted by molar-refractivity contribution is 0.662. The molecule has 1 aliphatic carbocycles. The van der Waals surface area contributed by atoms with Gasteiger partial charge in [0.25, 0.3) is 0 Å². The summed E-state index contributed by atoms with van der Waals surface area (Å²) in [6.07, 6.45) is 0. The number of hydrogen-bond donors (Lipinski definition) is 0. The Morgan fingerprint density at radius 1 is 0.317 bits per heavy atom. The molecule has 1 aliphatic rings. The van der Waals surface area contributed by atoms with Gasteiger partial charge in [0.2, 0.25) is 0 Å². The number of hydrogen-bond acceptors (Lipinski definition) is 2. The standard InChI is InChI=1S/C61H42N2/c1-61(2)55-37-32-41-18-9-10-21-44(41)58(55)54-27-15-26-52(59(54)61)51-34-33-49(45-22-11-12-23-46(45)51)50-35-36-53(48-25-14-13-24-47(48)50)60-62-56(42-19-7-4-8-20-42)38-57(63-60)43-30-28-40(29-31-43)39-16-5-3-6-17-39/h3-38H,1-2H3. The van der Waals surface area contributed by atoms with Crippen molar-refractivity contribution in [1.82, 2.24) is 9.97 Å². The van der Waals surface area contributed by atoms with Gasteiger partial charge in [0.05, 0.1) is 11.4 Å². The summed E-state index contributed by atoms with van der Waals surface area (Å²) < 4.78 is 0. The summed E-state index contributed by atoms with van der Waals surface area (Å²) in [5.41, 5.74) is 17.5. The number of rotatable bonds is 6. The lowest BCUT2D eigenvalue weighted by atomic mass is 9.78. The Morgan fingerprint density at radius 3 is 1.38 bits per heavy atom. The fourth-order valence-electron chi connectivity index (χ4n) is 10.3. The molecule has 11 aromatic rings. The summed E-state index contributed by atoms with van der Waals surface area (Å²) in [4.78, 5) is 10.6. The second kappa shape index (κ2) is 14.6. The molecule has 10 aromatic carbocycles. The minimum absolute atomic E-state index is 0.164. The average Bonchev–Trinajstić information content (AvgIpc) is 3.60. The average molecular weight is 803 g/mol. The summed E-state index contributed by atoms with van der Waals surface area (Å²) in [6, 6.07) is 79.0. The maximum Gasteiger partial charge on any atom is 0.161 e. The third-order valence-electron chi connectivity index (χ3n) is 13.3. The second-order valence-corrected chi connectivity index (χ2v) is 17.2. The van der Waals surface area contributed by atoms with Crippen LogP contribution < -0.4 is 0 Å². The van der Waals surface area contributed by atoms with E-state index in [1.807, 2.05) is 6.07 Å². The molecule has 0 bridgehead atoms. The number of benzene rings is 10. The van der Waals surface area contributed by atoms with Gasteiger partial charge in [-0.3, -0.25) is 0 Å². The molecule has 0 aliphatic heterocycles. The van der Waals surface area contributed by atoms with Crippen molar-refractivity contribution in [3.8, 4) is 78.4 Å². The quantitative estimate of drug-likeness (QED) is 0.167. The van der Waals surface area contributed by atoms with E-state index in [9.17, 15) is 0 Å². The molecule has 0 amide bonds. The van der Waals surface area contributed by atoms with E-state index < -0.39 is 0 Å². The molecule has 2 nitrogen and oxygen atoms in total. The predicted molar refractivity (Wildman–Crippen MR) is 265 cm³/mol. The first-order valence-electron chi connectivity index (χ1n) is 21.8. The highest BCUT2D eigenvalue weighted by Gasteiger charge is 2.38. The van der Waals surface area contributed by atoms with Crippen LogP contribution in [0.3, 0.4) is 0 Å². The molecule has 2 heteroatoms. The van der Waals surface area contributed by atoms with Crippen LogP contribution >= 0.6 is 0 Å². The zero-order valence-electron chi connectivity index (χ0n) is 35.2. The van der Waals surface area contributed by atoms with Crippen LogP contribution in [0.25, 0.3) is 111 Å². The fourth-order valence-corrected chi connectivity index (χ4v) is 10.3. The molecule has 296 valence electrons. The highest BCUT2D eigenvalue weighted by molar-refractivity contribution is 6.13. The molecule has 0 unspecified atom stereocenters. The van der Waals surface area contributed by atoms with Gasteiger partial charge in [-0.1, -0.05) is 220 Å². The predicted octanol–water partition coefficient (Wildman–Crippen LogP) is 16.2. The van der Waals surface area contributed by atoms with Gasteiger partial charge in [0, 0.05) is 22.1 Å². The molecule has 1 heterocycles. The first-order chi connectivity index (χ1) is 31.0. The molecule has 0 radical (unpaired) electrons. The lowest BCUT2D eigenvalue weighted by Gasteiger charge is -2.25. The minimum Gasteiger partial charge on any atom is -0.228 e. The van der Waals surface area contributed by atoms with Crippen molar-refractivity contribution >= 4 is 32.3 Å². The summed E-state index contributed by atoms with van der Waals surface area (Å²) >= 11 is 0. The van der Waals surface area contributed by atoms with Gasteiger partial charge >= 0.3 is 0 Å². The van der Waals surface area contributed by atoms with Crippen molar-refractivity contribution in [1.29, 1.82) is 0 Å². The molecule has 0 saturated heterocycles. The van der Waals surface area contributed by atoms with E-state index in [0.717, 1.165) is 33.5 Å². The first-order valence-corrected chi connectivity index (χ1v) is 21.8. The zero-order chi connectivity index (χ0) is 42.1. The number of aromatic nitrogens is 2. The Morgan fingerprint density at radius 2 is 0.762 bits per heavy atom. The fraction of sp³-hybridized carbons (Fsp3) is 0.0492. The molecule has 0 fully saturated rings. The van der Waals surface area contributed by atoms with Gasteiger partial charge in [0.15, 0.2) is 5.82 Å². The Hall–Kier alpha value is -7.94. The van der Waals surface area contributed by atoms with Crippen molar-refractivity contribution in [2.75, 3.05) is 0 Å². The van der Waals surface area contributed by atoms with Crippen molar-refractivity contribution in [3.63, 3.8) is 0 Å². The highest BCUT2D eigenvalue weighted by atomic mass is 14.9. The normalized spacial score (nSPS) is 12.7. The monoisotopic (exact) mass is 802 g/mol. The molecule has 0 atom stereocenters. The second-order valence-electron chi connectivity index (χ2n) is 17.2. The minimum atomic E-state index is -0.164. The smallest absolute Gasteiger partial charge is 0.161 e. The number of nitrogens with zero attached hydrogens (tertiary/aromatic N) is 2. The largest absolute Gasteiger partial charge is 0.228 e. The van der Waals surface area contributed by atoms with Crippen LogP contribution in [0.15, 0.2) is 218 Å². The van der Waals surface area contributed by atoms with Crippen LogP contribution in [0, 0.1) is 0 Å². The molecule has 63 heavy (non-hydrogen) atoms. The third-order valence-corrected chi connectivity index (χ3v) is 13.3. The maximum atomic E-state index is 5.31. The molecule has 0 spiro atoms. The summed E-state index contributed by atoms with van der Waals surface area (Å²) in [7, 11) is 0. The van der Waals surface area contributed by atoms with Crippen LogP contribution in [-0.2, 0) is 5.41 Å². The molecule has 1 aromatic heterocycles. The van der Waals surface area contributed by atoms with E-state index >= 15 is 0 Å². The van der Waals surface area contributed by atoms with E-state index in [2.05, 4.69) is 226 Å². The summed E-state index contributed by atoms with van der Waals surface area (Å²) in [5, 5.41) is 7.36. The van der Waals surface area contributed by atoms with Crippen LogP contribution in [0.4, 0.5) is 0 Å². The third kappa shape index (κ3) is 6.02. The summed E-state index contributed by atoms with van der Waals surface area (Å²) in [5.74, 6) is 0.704. The van der Waals surface area contributed by atoms with E-state index in [-0.39, 0.29) is 5.41 Å². The highest BCUT2D eigenvalue weighted by Crippen LogP contribution is 2.55. The van der Waals surface area contributed by atoms with Gasteiger partial charge < -0.3 is 0 Å². The van der Waals surface area contributed by atoms with Crippen molar-refractivity contribution < 1.29 is 0 Å². The number of fused-ring (bicyclic) bond motifs is 7. The van der Waals surface area contributed by atoms with Gasteiger partial charge in [-0.25, -0.2) is 9.97 Å². The van der Waals surface area contributed by atoms with Gasteiger partial charge in [0.1, 0.15) is 0 Å². The van der Waals surface area contributed by atoms with Gasteiger partial charge in [-0.2, -0.15) is 0 Å². The van der Waals surface area contributed by atoms with Crippen LogP contribution in [0.2, 0.25) is 0 Å². The van der Waals surface area contributed by atoms with E-state index in [4.69, 9.17) is 9.97 Å². The van der Waals surface area contributed by atoms with Crippen molar-refractivity contribution in [2.45, 2.75) is 19.3 Å². The van der Waals surface area contributed by atoms with Crippen molar-refractivity contribution in [3.05, 3.63) is 230 Å². The molecular formula is C61H42N2. The Bertz CT molecular complexity index is 3570. The molecular weight excluding hydrogens is 761 g/mol. The van der Waals surface area contributed by atoms with Crippen LogP contribution in [0.5, 0.6) is 0 Å². The van der Waals surface area contributed by atoms with Crippen molar-refractivity contribution in [2.24, 2.45) is 0 Å². The first kappa shape index (κ1) is 36.9. The topological polar surface area (TPSA) is 25.8 Å². The zero-order valence-corrected chi connectivity index (χ0v) is 35.2. The summed E-state index contributed by atoms with van der Waals surface area (Å²) in [6.45, 7) is 4.79. The van der Waals surface area contributed by atoms with E-state index in [0.29, 0.717) is 5.82 Å². The molecule has 0 N–H and O–H groups in total. The van der Waals surface area contributed by atoms with Crippen LogP contribution in [-0.4, -0.2) is 9.97 Å². The Balaban J connectivity index is 0.999. The van der Waals surface area contributed by atoms with Gasteiger partial charge in [-0.05, 0) is 100 Å². The SMILES string of the molecule is CC1(C)c2ccc3ccccc3c2-c2cccc(-c3ccc(-c4ccc(-c5nc(-c6ccccc6)cc(-c6ccc(-c7ccccc7)cc6)n5)c5ccccc45)c4ccccc34)c21. The molecule has 0 saturated carbocycles. The van der Waals surface area contributed by atoms with Crippen LogP contribution in [0.1, 0.15) is 25.0 Å². The van der Waals surface area contributed by atoms with Gasteiger partial charge in [-0.15, -0.1) is 0 Å². The van der Waals surface area contributed by atoms with E-state index in [1.165, 1.54) is 82.6 Å². The Labute approximate surface area is 367 Å². The Kier molecular flexibility index (Phi) is 8.55. The lowest BCUT2D eigenvalue weighted by Crippen LogP contribution is -2.16. The maximum absolute atomic E-state index is 5.31. The van der Waals surface area contributed by atoms with E-state index in [1.54, 1.807) is 0 Å².